The standard InChI is InChI=1S/C14H17N3O3S/c1-14(2,3)20-13(19)17-10-5-4-8(18)6-9(10)11-7-21-12(15)16-11/h4-7,18H,1-3H3,(H2,15,16)(H,17,19). The first kappa shape index (κ1) is 15.1. The van der Waals surface area contributed by atoms with E-state index >= 15 is 0 Å². The molecule has 1 heterocycles. The molecule has 1 aromatic heterocycles. The number of phenols is 1. The Kier molecular flexibility index (Phi) is 4.04. The maximum absolute atomic E-state index is 11.9. The fraction of sp³-hybridized carbons (Fsp3) is 0.286. The number of nitrogens with two attached hydrogens (primary N) is 1. The zero-order valence-corrected chi connectivity index (χ0v) is 12.8. The van der Waals surface area contributed by atoms with Gasteiger partial charge in [-0.1, -0.05) is 0 Å². The van der Waals surface area contributed by atoms with Gasteiger partial charge in [-0.25, -0.2) is 9.78 Å². The lowest BCUT2D eigenvalue weighted by Gasteiger charge is -2.20. The molecule has 1 amide bonds. The molecule has 0 saturated heterocycles. The van der Waals surface area contributed by atoms with Crippen molar-refractivity contribution in [2.24, 2.45) is 0 Å². The van der Waals surface area contributed by atoms with Crippen LogP contribution >= 0.6 is 11.3 Å². The Labute approximate surface area is 126 Å². The number of hydrogen-bond acceptors (Lipinski definition) is 6. The second-order valence-electron chi connectivity index (χ2n) is 5.43. The Morgan fingerprint density at radius 3 is 2.71 bits per heavy atom. The third-order valence-electron chi connectivity index (χ3n) is 2.44. The Balaban J connectivity index is 2.30. The van der Waals surface area contributed by atoms with Crippen molar-refractivity contribution in [3.63, 3.8) is 0 Å². The summed E-state index contributed by atoms with van der Waals surface area (Å²) >= 11 is 1.28. The first-order chi connectivity index (χ1) is 9.74. The van der Waals surface area contributed by atoms with Gasteiger partial charge < -0.3 is 15.6 Å². The predicted molar refractivity (Wildman–Crippen MR) is 83.5 cm³/mol. The van der Waals surface area contributed by atoms with Crippen LogP contribution in [-0.4, -0.2) is 21.8 Å². The lowest BCUT2D eigenvalue weighted by molar-refractivity contribution is 0.0636. The number of benzene rings is 1. The highest BCUT2D eigenvalue weighted by Gasteiger charge is 2.18. The van der Waals surface area contributed by atoms with Gasteiger partial charge >= 0.3 is 6.09 Å². The van der Waals surface area contributed by atoms with E-state index in [4.69, 9.17) is 10.5 Å². The number of carbonyl (C=O) groups is 1. The lowest BCUT2D eigenvalue weighted by Crippen LogP contribution is -2.27. The molecule has 0 bridgehead atoms. The number of aromatic hydroxyl groups is 1. The summed E-state index contributed by atoms with van der Waals surface area (Å²) in [7, 11) is 0. The SMILES string of the molecule is CC(C)(C)OC(=O)Nc1ccc(O)cc1-c1csc(N)n1. The number of rotatable bonds is 2. The molecule has 4 N–H and O–H groups in total. The van der Waals surface area contributed by atoms with Crippen LogP contribution in [0.3, 0.4) is 0 Å². The van der Waals surface area contributed by atoms with Crippen LogP contribution in [0.5, 0.6) is 5.75 Å². The van der Waals surface area contributed by atoms with Crippen molar-refractivity contribution in [2.45, 2.75) is 26.4 Å². The van der Waals surface area contributed by atoms with Gasteiger partial charge in [-0.3, -0.25) is 5.32 Å². The van der Waals surface area contributed by atoms with Crippen molar-refractivity contribution >= 4 is 28.2 Å². The van der Waals surface area contributed by atoms with Crippen LogP contribution in [0.25, 0.3) is 11.3 Å². The van der Waals surface area contributed by atoms with Crippen LogP contribution in [-0.2, 0) is 4.74 Å². The molecule has 2 rings (SSSR count). The molecule has 0 saturated carbocycles. The van der Waals surface area contributed by atoms with Gasteiger partial charge in [0, 0.05) is 10.9 Å². The van der Waals surface area contributed by atoms with Crippen LogP contribution in [0.4, 0.5) is 15.6 Å². The highest BCUT2D eigenvalue weighted by Crippen LogP contribution is 2.33. The second-order valence-corrected chi connectivity index (χ2v) is 6.32. The molecule has 0 aliphatic heterocycles. The number of anilines is 2. The van der Waals surface area contributed by atoms with E-state index in [2.05, 4.69) is 10.3 Å². The average Bonchev–Trinajstić information content (AvgIpc) is 2.75. The topological polar surface area (TPSA) is 97.5 Å². The van der Waals surface area contributed by atoms with Crippen LogP contribution in [0.2, 0.25) is 0 Å². The van der Waals surface area contributed by atoms with E-state index in [1.165, 1.54) is 23.5 Å². The number of ether oxygens (including phenoxy) is 1. The molecule has 21 heavy (non-hydrogen) atoms. The quantitative estimate of drug-likeness (QED) is 0.738. The molecular weight excluding hydrogens is 290 g/mol. The number of hydrogen-bond donors (Lipinski definition) is 3. The van der Waals surface area contributed by atoms with E-state index in [0.717, 1.165) is 0 Å². The minimum absolute atomic E-state index is 0.0753. The first-order valence-electron chi connectivity index (χ1n) is 6.29. The third kappa shape index (κ3) is 4.09. The molecule has 0 unspecified atom stereocenters. The number of nitrogens with one attached hydrogen (secondary N) is 1. The van der Waals surface area contributed by atoms with E-state index in [9.17, 15) is 9.90 Å². The Bertz CT molecular complexity index is 662. The Hall–Kier alpha value is -2.28. The molecular formula is C14H17N3O3S. The first-order valence-corrected chi connectivity index (χ1v) is 7.17. The second kappa shape index (κ2) is 5.61. The van der Waals surface area contributed by atoms with Gasteiger partial charge in [0.15, 0.2) is 5.13 Å². The van der Waals surface area contributed by atoms with Crippen molar-refractivity contribution in [3.05, 3.63) is 23.6 Å². The molecule has 2 aromatic rings. The lowest BCUT2D eigenvalue weighted by atomic mass is 10.1. The van der Waals surface area contributed by atoms with Gasteiger partial charge in [-0.2, -0.15) is 0 Å². The van der Waals surface area contributed by atoms with E-state index in [-0.39, 0.29) is 5.75 Å². The molecule has 6 nitrogen and oxygen atoms in total. The zero-order chi connectivity index (χ0) is 15.6. The molecule has 0 aliphatic rings. The highest BCUT2D eigenvalue weighted by molar-refractivity contribution is 7.13. The number of carbonyl (C=O) groups excluding carboxylic acids is 1. The van der Waals surface area contributed by atoms with Crippen LogP contribution < -0.4 is 11.1 Å². The summed E-state index contributed by atoms with van der Waals surface area (Å²) in [4.78, 5) is 16.0. The number of aromatic nitrogens is 1. The highest BCUT2D eigenvalue weighted by atomic mass is 32.1. The smallest absolute Gasteiger partial charge is 0.412 e. The van der Waals surface area contributed by atoms with Gasteiger partial charge in [-0.15, -0.1) is 11.3 Å². The van der Waals surface area contributed by atoms with Crippen LogP contribution in [0.1, 0.15) is 20.8 Å². The van der Waals surface area contributed by atoms with Crippen molar-refractivity contribution in [3.8, 4) is 17.0 Å². The molecule has 1 aromatic carbocycles. The minimum Gasteiger partial charge on any atom is -0.508 e. The van der Waals surface area contributed by atoms with E-state index in [0.29, 0.717) is 22.1 Å². The fourth-order valence-electron chi connectivity index (χ4n) is 1.68. The third-order valence-corrected chi connectivity index (χ3v) is 3.11. The van der Waals surface area contributed by atoms with E-state index < -0.39 is 11.7 Å². The predicted octanol–water partition coefficient (Wildman–Crippen LogP) is 3.44. The van der Waals surface area contributed by atoms with E-state index in [1.54, 1.807) is 32.2 Å². The molecule has 0 aliphatic carbocycles. The molecule has 7 heteroatoms. The molecule has 0 atom stereocenters. The Morgan fingerprint density at radius 2 is 2.14 bits per heavy atom. The fourth-order valence-corrected chi connectivity index (χ4v) is 2.24. The Morgan fingerprint density at radius 1 is 1.43 bits per heavy atom. The summed E-state index contributed by atoms with van der Waals surface area (Å²) in [6.45, 7) is 5.35. The normalized spacial score (nSPS) is 11.2. The summed E-state index contributed by atoms with van der Waals surface area (Å²) < 4.78 is 5.21. The number of nitrogens with zero attached hydrogens (tertiary/aromatic N) is 1. The molecule has 112 valence electrons. The largest absolute Gasteiger partial charge is 0.508 e. The summed E-state index contributed by atoms with van der Waals surface area (Å²) in [5.74, 6) is 0.0753. The summed E-state index contributed by atoms with van der Waals surface area (Å²) in [5, 5.41) is 14.4. The van der Waals surface area contributed by atoms with Crippen molar-refractivity contribution < 1.29 is 14.6 Å². The van der Waals surface area contributed by atoms with Gasteiger partial charge in [0.2, 0.25) is 0 Å². The summed E-state index contributed by atoms with van der Waals surface area (Å²) in [6, 6.07) is 4.58. The molecule has 0 fully saturated rings. The average molecular weight is 307 g/mol. The monoisotopic (exact) mass is 307 g/mol. The van der Waals surface area contributed by atoms with Crippen molar-refractivity contribution in [1.82, 2.24) is 4.98 Å². The summed E-state index contributed by atoms with van der Waals surface area (Å²) in [5.41, 5.74) is 6.68. The van der Waals surface area contributed by atoms with Gasteiger partial charge in [0.25, 0.3) is 0 Å². The number of amides is 1. The molecule has 0 spiro atoms. The number of nitrogen functional groups attached to an aromatic ring is 1. The zero-order valence-electron chi connectivity index (χ0n) is 12.0. The number of phenolic OH excluding ortho intramolecular Hbond substituents is 1. The summed E-state index contributed by atoms with van der Waals surface area (Å²) in [6.07, 6.45) is -0.572. The number of thiazole rings is 1. The maximum atomic E-state index is 11.9. The minimum atomic E-state index is -0.591. The maximum Gasteiger partial charge on any atom is 0.412 e. The van der Waals surface area contributed by atoms with Gasteiger partial charge in [0.1, 0.15) is 11.4 Å². The van der Waals surface area contributed by atoms with Crippen LogP contribution in [0.15, 0.2) is 23.6 Å². The van der Waals surface area contributed by atoms with Crippen LogP contribution in [0, 0.1) is 0 Å². The van der Waals surface area contributed by atoms with Crippen molar-refractivity contribution in [1.29, 1.82) is 0 Å². The van der Waals surface area contributed by atoms with Crippen molar-refractivity contribution in [2.75, 3.05) is 11.1 Å². The molecule has 0 radical (unpaired) electrons. The van der Waals surface area contributed by atoms with E-state index in [1.807, 2.05) is 0 Å². The van der Waals surface area contributed by atoms with Gasteiger partial charge in [-0.05, 0) is 39.0 Å². The van der Waals surface area contributed by atoms with Gasteiger partial charge in [0.05, 0.1) is 11.4 Å².